The molecular weight excluding hydrogens is 359 g/mol. The smallest absolute Gasteiger partial charge is 0.315 e. The molecule has 1 atom stereocenters. The number of nitrogens with zero attached hydrogens (tertiary/aromatic N) is 2. The number of aromatic nitrogens is 2. The minimum atomic E-state index is -0.576. The zero-order chi connectivity index (χ0) is 19.9. The normalized spacial score (nSPS) is 11.7. The maximum atomic E-state index is 13.7. The van der Waals surface area contributed by atoms with E-state index in [1.54, 1.807) is 29.1 Å². The Morgan fingerprint density at radius 2 is 2.07 bits per heavy atom. The van der Waals surface area contributed by atoms with Gasteiger partial charge in [0.1, 0.15) is 30.0 Å². The number of rotatable bonds is 7. The zero-order valence-electron chi connectivity index (χ0n) is 15.9. The number of halogens is 1. The van der Waals surface area contributed by atoms with Crippen LogP contribution in [0.1, 0.15) is 23.0 Å². The number of amides is 2. The number of carbonyl (C=O) groups excluding carboxylic acids is 1. The summed E-state index contributed by atoms with van der Waals surface area (Å²) in [6.45, 7) is 2.66. The number of nitrogens with one attached hydrogen (secondary N) is 2. The summed E-state index contributed by atoms with van der Waals surface area (Å²) in [5.41, 5.74) is 1.72. The van der Waals surface area contributed by atoms with Crippen LogP contribution in [-0.2, 0) is 7.05 Å². The van der Waals surface area contributed by atoms with Gasteiger partial charge in [0.25, 0.3) is 0 Å². The molecule has 2 aromatic carbocycles. The highest BCUT2D eigenvalue weighted by atomic mass is 19.1. The van der Waals surface area contributed by atoms with Gasteiger partial charge in [-0.3, -0.25) is 0 Å². The van der Waals surface area contributed by atoms with E-state index in [1.807, 2.05) is 38.2 Å². The number of imidazole rings is 1. The number of ether oxygens (including phenoxy) is 1. The highest BCUT2D eigenvalue weighted by molar-refractivity contribution is 5.74. The van der Waals surface area contributed by atoms with Gasteiger partial charge in [0.05, 0.1) is 6.54 Å². The van der Waals surface area contributed by atoms with Gasteiger partial charge in [-0.15, -0.1) is 0 Å². The van der Waals surface area contributed by atoms with Crippen LogP contribution in [0.25, 0.3) is 0 Å². The van der Waals surface area contributed by atoms with Crippen LogP contribution in [0.2, 0.25) is 0 Å². The number of aryl methyl sites for hydroxylation is 2. The number of urea groups is 1. The van der Waals surface area contributed by atoms with E-state index in [4.69, 9.17) is 4.74 Å². The lowest BCUT2D eigenvalue weighted by Gasteiger charge is -2.19. The van der Waals surface area contributed by atoms with E-state index < -0.39 is 6.04 Å². The van der Waals surface area contributed by atoms with Crippen LogP contribution >= 0.6 is 0 Å². The van der Waals surface area contributed by atoms with Crippen molar-refractivity contribution in [2.75, 3.05) is 13.2 Å². The summed E-state index contributed by atoms with van der Waals surface area (Å²) in [4.78, 5) is 16.7. The molecule has 0 aliphatic carbocycles. The third-order valence-corrected chi connectivity index (χ3v) is 4.22. The fraction of sp³-hybridized carbons (Fsp3) is 0.238. The van der Waals surface area contributed by atoms with E-state index in [0.29, 0.717) is 24.5 Å². The fourth-order valence-corrected chi connectivity index (χ4v) is 2.86. The lowest BCUT2D eigenvalue weighted by molar-refractivity contribution is 0.233. The minimum absolute atomic E-state index is 0.330. The van der Waals surface area contributed by atoms with Crippen LogP contribution in [-0.4, -0.2) is 28.7 Å². The summed E-state index contributed by atoms with van der Waals surface area (Å²) in [5, 5.41) is 5.61. The Kier molecular flexibility index (Phi) is 6.26. The van der Waals surface area contributed by atoms with E-state index in [1.165, 1.54) is 12.1 Å². The summed E-state index contributed by atoms with van der Waals surface area (Å²) >= 11 is 0. The Labute approximate surface area is 163 Å². The van der Waals surface area contributed by atoms with Crippen molar-refractivity contribution in [2.24, 2.45) is 7.05 Å². The van der Waals surface area contributed by atoms with Gasteiger partial charge < -0.3 is 19.9 Å². The molecule has 146 valence electrons. The quantitative estimate of drug-likeness (QED) is 0.616. The first kappa shape index (κ1) is 19.4. The van der Waals surface area contributed by atoms with Gasteiger partial charge in [-0.1, -0.05) is 24.3 Å². The molecule has 7 heteroatoms. The van der Waals surface area contributed by atoms with Crippen LogP contribution in [0.5, 0.6) is 5.75 Å². The van der Waals surface area contributed by atoms with Gasteiger partial charge in [-0.2, -0.15) is 0 Å². The maximum absolute atomic E-state index is 13.7. The van der Waals surface area contributed by atoms with Crippen molar-refractivity contribution in [1.29, 1.82) is 0 Å². The Hall–Kier alpha value is -3.35. The molecule has 2 amide bonds. The first-order valence-electron chi connectivity index (χ1n) is 8.99. The third kappa shape index (κ3) is 5.09. The number of hydrogen-bond donors (Lipinski definition) is 2. The first-order valence-corrected chi connectivity index (χ1v) is 8.99. The van der Waals surface area contributed by atoms with E-state index in [0.717, 1.165) is 11.3 Å². The van der Waals surface area contributed by atoms with Crippen LogP contribution in [0.15, 0.2) is 60.9 Å². The lowest BCUT2D eigenvalue weighted by atomic mass is 10.1. The van der Waals surface area contributed by atoms with Crippen molar-refractivity contribution in [3.05, 3.63) is 83.7 Å². The fourth-order valence-electron chi connectivity index (χ4n) is 2.86. The van der Waals surface area contributed by atoms with Gasteiger partial charge in [0, 0.05) is 19.4 Å². The summed E-state index contributed by atoms with van der Waals surface area (Å²) in [6.07, 6.45) is 3.41. The summed E-state index contributed by atoms with van der Waals surface area (Å²) in [7, 11) is 1.82. The Bertz CT molecular complexity index is 941. The second kappa shape index (κ2) is 9.03. The van der Waals surface area contributed by atoms with Gasteiger partial charge in [-0.05, 0) is 42.3 Å². The van der Waals surface area contributed by atoms with Crippen LogP contribution in [0, 0.1) is 12.7 Å². The van der Waals surface area contributed by atoms with E-state index in [2.05, 4.69) is 15.6 Å². The van der Waals surface area contributed by atoms with Gasteiger partial charge in [0.2, 0.25) is 0 Å². The van der Waals surface area contributed by atoms with Crippen molar-refractivity contribution < 1.29 is 13.9 Å². The zero-order valence-corrected chi connectivity index (χ0v) is 15.9. The summed E-state index contributed by atoms with van der Waals surface area (Å²) < 4.78 is 21.1. The monoisotopic (exact) mass is 382 g/mol. The SMILES string of the molecule is Cc1cccc(OCCNC(=O)N[C@H](c2cccc(F)c2)c2nccn2C)c1. The number of hydrogen-bond acceptors (Lipinski definition) is 3. The molecule has 1 aromatic heterocycles. The average Bonchev–Trinajstić information content (AvgIpc) is 3.09. The predicted octanol–water partition coefficient (Wildman–Crippen LogP) is 3.34. The van der Waals surface area contributed by atoms with E-state index >= 15 is 0 Å². The molecule has 0 saturated carbocycles. The van der Waals surface area contributed by atoms with Gasteiger partial charge >= 0.3 is 6.03 Å². The van der Waals surface area contributed by atoms with Crippen molar-refractivity contribution in [2.45, 2.75) is 13.0 Å². The molecule has 28 heavy (non-hydrogen) atoms. The standard InChI is InChI=1S/C21H23FN4O2/c1-15-5-3-8-18(13-15)28-12-10-24-21(27)25-19(20-23-9-11-26(20)2)16-6-4-7-17(22)14-16/h3-9,11,13-14,19H,10,12H2,1-2H3,(H2,24,25,27)/t19-/m1/s1. The number of carbonyl (C=O) groups is 1. The van der Waals surface area contributed by atoms with Crippen LogP contribution in [0.4, 0.5) is 9.18 Å². The van der Waals surface area contributed by atoms with Crippen molar-refractivity contribution in [3.63, 3.8) is 0 Å². The Morgan fingerprint density at radius 3 is 2.79 bits per heavy atom. The van der Waals surface area contributed by atoms with Crippen LogP contribution in [0.3, 0.4) is 0 Å². The van der Waals surface area contributed by atoms with Gasteiger partial charge in [0.15, 0.2) is 0 Å². The van der Waals surface area contributed by atoms with Crippen LogP contribution < -0.4 is 15.4 Å². The Morgan fingerprint density at radius 1 is 1.25 bits per heavy atom. The molecule has 0 radical (unpaired) electrons. The van der Waals surface area contributed by atoms with Crippen molar-refractivity contribution in [1.82, 2.24) is 20.2 Å². The molecule has 1 heterocycles. The lowest BCUT2D eigenvalue weighted by Crippen LogP contribution is -2.40. The topological polar surface area (TPSA) is 68.2 Å². The summed E-state index contributed by atoms with van der Waals surface area (Å²) in [5.74, 6) is 0.995. The molecule has 6 nitrogen and oxygen atoms in total. The molecule has 0 unspecified atom stereocenters. The van der Waals surface area contributed by atoms with Crippen molar-refractivity contribution in [3.8, 4) is 5.75 Å². The Balaban J connectivity index is 1.59. The van der Waals surface area contributed by atoms with Crippen molar-refractivity contribution >= 4 is 6.03 Å². The van der Waals surface area contributed by atoms with E-state index in [9.17, 15) is 9.18 Å². The predicted molar refractivity (Wildman–Crippen MR) is 105 cm³/mol. The van der Waals surface area contributed by atoms with Gasteiger partial charge in [-0.25, -0.2) is 14.2 Å². The third-order valence-electron chi connectivity index (χ3n) is 4.22. The molecule has 0 aliphatic rings. The minimum Gasteiger partial charge on any atom is -0.492 e. The molecule has 0 aliphatic heterocycles. The number of benzene rings is 2. The van der Waals surface area contributed by atoms with E-state index in [-0.39, 0.29) is 11.8 Å². The molecule has 3 aromatic rings. The highest BCUT2D eigenvalue weighted by Gasteiger charge is 2.21. The molecule has 3 rings (SSSR count). The summed E-state index contributed by atoms with van der Waals surface area (Å²) in [6, 6.07) is 12.9. The second-order valence-corrected chi connectivity index (χ2v) is 6.45. The molecular formula is C21H23FN4O2. The molecule has 0 saturated heterocycles. The molecule has 0 fully saturated rings. The maximum Gasteiger partial charge on any atom is 0.315 e. The highest BCUT2D eigenvalue weighted by Crippen LogP contribution is 2.21. The molecule has 0 bridgehead atoms. The molecule has 2 N–H and O–H groups in total. The largest absolute Gasteiger partial charge is 0.492 e. The molecule has 0 spiro atoms. The second-order valence-electron chi connectivity index (χ2n) is 6.45. The first-order chi connectivity index (χ1) is 13.5. The average molecular weight is 382 g/mol.